The van der Waals surface area contributed by atoms with E-state index in [-0.39, 0.29) is 6.04 Å². The molecule has 0 aliphatic carbocycles. The molecule has 0 spiro atoms. The Balaban J connectivity index is 0. The molecule has 0 heterocycles. The number of benzene rings is 1. The number of carbonyl (C=O) groups is 2. The topological polar surface area (TPSA) is 79.9 Å². The number of nitrogens with one attached hydrogen (secondary N) is 2. The number of methoxy groups -OCH3 is 1. The van der Waals surface area contributed by atoms with Gasteiger partial charge in [-0.05, 0) is 46.0 Å². The maximum atomic E-state index is 11.2. The summed E-state index contributed by atoms with van der Waals surface area (Å²) < 4.78 is 9.34. The van der Waals surface area contributed by atoms with Crippen LogP contribution < -0.4 is 20.3 Å². The lowest BCUT2D eigenvalue weighted by Gasteiger charge is -2.26. The minimum absolute atomic E-state index is 0.159. The van der Waals surface area contributed by atoms with E-state index in [0.29, 0.717) is 13.1 Å². The van der Waals surface area contributed by atoms with Gasteiger partial charge in [-0.15, -0.1) is 0 Å². The Labute approximate surface area is 158 Å². The van der Waals surface area contributed by atoms with Crippen LogP contribution in [0.15, 0.2) is 18.2 Å². The van der Waals surface area contributed by atoms with E-state index < -0.39 is 0 Å². The second kappa shape index (κ2) is 17.5. The van der Waals surface area contributed by atoms with Gasteiger partial charge in [0, 0.05) is 19.2 Å². The third-order valence-electron chi connectivity index (χ3n) is 3.52. The molecule has 7 nitrogen and oxygen atoms in total. The zero-order valence-corrected chi connectivity index (χ0v) is 17.2. The molecule has 0 bridgehead atoms. The molecule has 0 aliphatic rings. The van der Waals surface area contributed by atoms with Gasteiger partial charge >= 0.3 is 0 Å². The number of nitrogens with zero attached hydrogens (tertiary/aromatic N) is 1. The fourth-order valence-electron chi connectivity index (χ4n) is 1.73. The van der Waals surface area contributed by atoms with E-state index in [0.717, 1.165) is 36.5 Å². The zero-order chi connectivity index (χ0) is 20.4. The van der Waals surface area contributed by atoms with Gasteiger partial charge in [0.05, 0.1) is 25.1 Å². The maximum absolute atomic E-state index is 11.2. The lowest BCUT2D eigenvalue weighted by atomic mass is 10.1. The van der Waals surface area contributed by atoms with Crippen molar-refractivity contribution in [2.24, 2.45) is 0 Å². The Hall–Kier alpha value is -2.28. The van der Waals surface area contributed by atoms with E-state index in [9.17, 15) is 9.59 Å². The number of anilines is 2. The van der Waals surface area contributed by atoms with Gasteiger partial charge in [-0.1, -0.05) is 13.8 Å². The quantitative estimate of drug-likeness (QED) is 0.652. The molecule has 0 radical (unpaired) electrons. The van der Waals surface area contributed by atoms with Crippen molar-refractivity contribution in [1.82, 2.24) is 5.32 Å². The summed E-state index contributed by atoms with van der Waals surface area (Å²) >= 11 is 0. The normalized spacial score (nSPS) is 10.1. The summed E-state index contributed by atoms with van der Waals surface area (Å²) in [4.78, 5) is 22.1. The molecule has 7 heteroatoms. The van der Waals surface area contributed by atoms with Crippen LogP contribution in [0.4, 0.5) is 11.4 Å². The fourth-order valence-corrected chi connectivity index (χ4v) is 1.73. The molecule has 0 saturated heterocycles. The third kappa shape index (κ3) is 10.6. The molecule has 0 saturated carbocycles. The van der Waals surface area contributed by atoms with Crippen molar-refractivity contribution in [3.63, 3.8) is 0 Å². The molecular formula is C19H35N3O4. The Kier molecular flexibility index (Phi) is 17.5. The van der Waals surface area contributed by atoms with Crippen molar-refractivity contribution in [3.8, 4) is 5.75 Å². The van der Waals surface area contributed by atoms with Crippen LogP contribution in [0.1, 0.15) is 34.1 Å². The first-order valence-electron chi connectivity index (χ1n) is 8.80. The van der Waals surface area contributed by atoms with E-state index in [1.807, 2.05) is 39.2 Å². The van der Waals surface area contributed by atoms with Crippen molar-refractivity contribution in [3.05, 3.63) is 18.2 Å². The van der Waals surface area contributed by atoms with Crippen molar-refractivity contribution in [1.29, 1.82) is 0 Å². The minimum atomic E-state index is 0.159. The van der Waals surface area contributed by atoms with Crippen molar-refractivity contribution >= 4 is 24.3 Å². The van der Waals surface area contributed by atoms with E-state index in [4.69, 9.17) is 4.74 Å². The highest BCUT2D eigenvalue weighted by Crippen LogP contribution is 2.31. The molecule has 1 aromatic rings. The zero-order valence-electron chi connectivity index (χ0n) is 17.2. The molecule has 0 fully saturated rings. The number of rotatable bonds is 9. The molecule has 1 amide bonds. The third-order valence-corrected chi connectivity index (χ3v) is 3.52. The smallest absolute Gasteiger partial charge is 0.293 e. The van der Waals surface area contributed by atoms with Gasteiger partial charge in [-0.3, -0.25) is 9.59 Å². The van der Waals surface area contributed by atoms with Crippen molar-refractivity contribution < 1.29 is 19.1 Å². The predicted octanol–water partition coefficient (Wildman–Crippen LogP) is 2.90. The van der Waals surface area contributed by atoms with Gasteiger partial charge in [0.1, 0.15) is 5.75 Å². The Morgan fingerprint density at radius 2 is 1.81 bits per heavy atom. The molecule has 1 rings (SSSR count). The molecule has 1 unspecified atom stereocenters. The summed E-state index contributed by atoms with van der Waals surface area (Å²) in [7, 11) is 5.39. The van der Waals surface area contributed by atoms with E-state index in [1.165, 1.54) is 0 Å². The van der Waals surface area contributed by atoms with Gasteiger partial charge in [0.25, 0.3) is 6.47 Å². The van der Waals surface area contributed by atoms with Crippen LogP contribution in [0.3, 0.4) is 0 Å². The number of hydrogen-bond acceptors (Lipinski definition) is 6. The molecule has 1 aromatic carbocycles. The predicted molar refractivity (Wildman–Crippen MR) is 108 cm³/mol. The van der Waals surface area contributed by atoms with Gasteiger partial charge in [0.2, 0.25) is 6.41 Å². The van der Waals surface area contributed by atoms with Crippen LogP contribution in [0.2, 0.25) is 0 Å². The van der Waals surface area contributed by atoms with E-state index in [2.05, 4.69) is 29.2 Å². The van der Waals surface area contributed by atoms with Crippen LogP contribution in [-0.2, 0) is 14.3 Å². The maximum Gasteiger partial charge on any atom is 0.293 e. The second-order valence-electron chi connectivity index (χ2n) is 5.16. The largest absolute Gasteiger partial charge is 0.497 e. The Bertz CT molecular complexity index is 482. The molecule has 0 aromatic heterocycles. The number of amides is 1. The SMILES string of the molecule is CCC(C)N(C=O)c1cc(OC)ccc1NC.CCNC.CCOC=O. The molecule has 150 valence electrons. The molecule has 1 atom stereocenters. The highest BCUT2D eigenvalue weighted by molar-refractivity contribution is 5.85. The van der Waals surface area contributed by atoms with E-state index in [1.54, 1.807) is 18.9 Å². The summed E-state index contributed by atoms with van der Waals surface area (Å²) in [5.74, 6) is 0.745. The van der Waals surface area contributed by atoms with Gasteiger partial charge in [-0.2, -0.15) is 0 Å². The molecule has 2 N–H and O–H groups in total. The van der Waals surface area contributed by atoms with Gasteiger partial charge in [0.15, 0.2) is 0 Å². The van der Waals surface area contributed by atoms with E-state index >= 15 is 0 Å². The Morgan fingerprint density at radius 3 is 2.12 bits per heavy atom. The first kappa shape index (κ1) is 26.0. The average molecular weight is 370 g/mol. The monoisotopic (exact) mass is 369 g/mol. The van der Waals surface area contributed by atoms with Crippen molar-refractivity contribution in [2.45, 2.75) is 40.2 Å². The lowest BCUT2D eigenvalue weighted by Crippen LogP contribution is -2.31. The minimum Gasteiger partial charge on any atom is -0.497 e. The summed E-state index contributed by atoms with van der Waals surface area (Å²) in [5, 5.41) is 6.02. The van der Waals surface area contributed by atoms with Gasteiger partial charge in [-0.25, -0.2) is 0 Å². The van der Waals surface area contributed by atoms with Crippen LogP contribution in [0.5, 0.6) is 5.75 Å². The summed E-state index contributed by atoms with van der Waals surface area (Å²) in [6, 6.07) is 5.81. The fraction of sp³-hybridized carbons (Fsp3) is 0.579. The van der Waals surface area contributed by atoms with Crippen LogP contribution >= 0.6 is 0 Å². The number of ether oxygens (including phenoxy) is 2. The molecule has 26 heavy (non-hydrogen) atoms. The lowest BCUT2D eigenvalue weighted by molar-refractivity contribution is -0.128. The van der Waals surface area contributed by atoms with Crippen LogP contribution in [0.25, 0.3) is 0 Å². The first-order valence-corrected chi connectivity index (χ1v) is 8.80. The summed E-state index contributed by atoms with van der Waals surface area (Å²) in [6.45, 7) is 9.88. The Morgan fingerprint density at radius 1 is 1.19 bits per heavy atom. The van der Waals surface area contributed by atoms with Crippen LogP contribution in [0, 0.1) is 0 Å². The molecule has 0 aliphatic heterocycles. The van der Waals surface area contributed by atoms with Crippen molar-refractivity contribution in [2.75, 3.05) is 44.6 Å². The highest BCUT2D eigenvalue weighted by Gasteiger charge is 2.16. The first-order chi connectivity index (χ1) is 12.5. The van der Waals surface area contributed by atoms with Gasteiger partial charge < -0.3 is 25.0 Å². The highest BCUT2D eigenvalue weighted by atomic mass is 16.5. The molecular weight excluding hydrogens is 334 g/mol. The average Bonchev–Trinajstić information content (AvgIpc) is 2.69. The number of hydrogen-bond donors (Lipinski definition) is 2. The standard InChI is InChI=1S/C13H20N2O2.C3H9N.C3H6O2/c1-5-10(2)15(9-16)13-8-11(17-4)6-7-12(13)14-3;1-3-4-2;1-2-5-3-4/h6-10,14H,5H2,1-4H3;4H,3H2,1-2H3;3H,2H2,1H3. The summed E-state index contributed by atoms with van der Waals surface area (Å²) in [6.07, 6.45) is 1.77. The van der Waals surface area contributed by atoms with Crippen LogP contribution in [-0.4, -0.2) is 53.3 Å². The second-order valence-corrected chi connectivity index (χ2v) is 5.16. The number of carbonyl (C=O) groups excluding carboxylic acids is 2. The summed E-state index contributed by atoms with van der Waals surface area (Å²) in [5.41, 5.74) is 1.76.